The molecule has 6 heteroatoms. The van der Waals surface area contributed by atoms with Gasteiger partial charge in [0.15, 0.2) is 0 Å². The average molecular weight is 318 g/mol. The van der Waals surface area contributed by atoms with Gasteiger partial charge in [0.05, 0.1) is 11.9 Å². The lowest BCUT2D eigenvalue weighted by molar-refractivity contribution is -0.149. The molecule has 0 radical (unpaired) electrons. The largest absolute Gasteiger partial charge is 0.378 e. The highest BCUT2D eigenvalue weighted by Crippen LogP contribution is 2.53. The average Bonchev–Trinajstić information content (AvgIpc) is 2.46. The minimum Gasteiger partial charge on any atom is -0.378 e. The Morgan fingerprint density at radius 1 is 1.19 bits per heavy atom. The number of hydrogen-bond donors (Lipinski definition) is 2. The van der Waals surface area contributed by atoms with Crippen LogP contribution in [-0.2, 0) is 14.8 Å². The molecular weight excluding hydrogens is 288 g/mol. The van der Waals surface area contributed by atoms with Gasteiger partial charge in [-0.2, -0.15) is 0 Å². The third kappa shape index (κ3) is 3.97. The number of rotatable bonds is 8. The van der Waals surface area contributed by atoms with E-state index >= 15 is 0 Å². The van der Waals surface area contributed by atoms with Gasteiger partial charge in [-0.25, -0.2) is 13.1 Å². The van der Waals surface area contributed by atoms with Gasteiger partial charge in [0.1, 0.15) is 0 Å². The van der Waals surface area contributed by atoms with Gasteiger partial charge in [0, 0.05) is 31.2 Å². The summed E-state index contributed by atoms with van der Waals surface area (Å²) >= 11 is 0. The van der Waals surface area contributed by atoms with Crippen molar-refractivity contribution >= 4 is 10.0 Å². The first kappa shape index (κ1) is 17.2. The summed E-state index contributed by atoms with van der Waals surface area (Å²) in [7, 11) is -3.12. The van der Waals surface area contributed by atoms with E-state index in [0.717, 1.165) is 13.0 Å². The summed E-state index contributed by atoms with van der Waals surface area (Å²) in [5, 5.41) is 3.48. The molecule has 21 heavy (non-hydrogen) atoms. The number of hydrogen-bond acceptors (Lipinski definition) is 4. The lowest BCUT2D eigenvalue weighted by Crippen LogP contribution is -2.65. The van der Waals surface area contributed by atoms with E-state index in [2.05, 4.69) is 17.0 Å². The first-order valence-electron chi connectivity index (χ1n) is 8.36. The molecular formula is C15H30N2O3S. The van der Waals surface area contributed by atoms with Gasteiger partial charge in [-0.1, -0.05) is 26.2 Å². The maximum absolute atomic E-state index is 11.7. The second-order valence-corrected chi connectivity index (χ2v) is 8.22. The molecule has 2 rings (SSSR count). The van der Waals surface area contributed by atoms with Crippen LogP contribution in [0.4, 0.5) is 0 Å². The van der Waals surface area contributed by atoms with Gasteiger partial charge in [0.2, 0.25) is 10.0 Å². The normalized spacial score (nSPS) is 28.5. The summed E-state index contributed by atoms with van der Waals surface area (Å²) in [5.74, 6) is 0.159. The highest BCUT2D eigenvalue weighted by Gasteiger charge is 2.55. The molecule has 124 valence electrons. The van der Waals surface area contributed by atoms with Gasteiger partial charge in [-0.3, -0.25) is 0 Å². The van der Waals surface area contributed by atoms with E-state index in [4.69, 9.17) is 4.74 Å². The summed E-state index contributed by atoms with van der Waals surface area (Å²) in [6.07, 6.45) is 7.70. The zero-order valence-corrected chi connectivity index (χ0v) is 14.2. The van der Waals surface area contributed by atoms with Gasteiger partial charge in [-0.15, -0.1) is 0 Å². The molecule has 0 heterocycles. The van der Waals surface area contributed by atoms with Crippen LogP contribution in [-0.4, -0.2) is 46.0 Å². The second kappa shape index (κ2) is 7.40. The van der Waals surface area contributed by atoms with Gasteiger partial charge in [0.25, 0.3) is 0 Å². The predicted molar refractivity (Wildman–Crippen MR) is 84.8 cm³/mol. The van der Waals surface area contributed by atoms with Crippen LogP contribution in [0.2, 0.25) is 0 Å². The summed E-state index contributed by atoms with van der Waals surface area (Å²) < 4.78 is 31.8. The van der Waals surface area contributed by atoms with Crippen molar-refractivity contribution in [2.45, 2.75) is 64.5 Å². The van der Waals surface area contributed by atoms with Crippen molar-refractivity contribution in [2.24, 2.45) is 5.41 Å². The predicted octanol–water partition coefficient (Wildman–Crippen LogP) is 1.64. The SMILES string of the molecule is CCNS(=O)(=O)CCNC1CC(OCC)C12CCCCC2. The van der Waals surface area contributed by atoms with Crippen LogP contribution in [0.3, 0.4) is 0 Å². The lowest BCUT2D eigenvalue weighted by Gasteiger charge is -2.58. The number of nitrogens with one attached hydrogen (secondary N) is 2. The molecule has 0 aromatic carbocycles. The van der Waals surface area contributed by atoms with Gasteiger partial charge in [-0.05, 0) is 26.2 Å². The van der Waals surface area contributed by atoms with E-state index in [9.17, 15) is 8.42 Å². The lowest BCUT2D eigenvalue weighted by atomic mass is 9.55. The van der Waals surface area contributed by atoms with Gasteiger partial charge < -0.3 is 10.1 Å². The van der Waals surface area contributed by atoms with E-state index in [0.29, 0.717) is 25.2 Å². The van der Waals surface area contributed by atoms with E-state index in [1.54, 1.807) is 6.92 Å². The Bertz CT molecular complexity index is 419. The van der Waals surface area contributed by atoms with Crippen LogP contribution in [0.1, 0.15) is 52.4 Å². The molecule has 0 saturated heterocycles. The van der Waals surface area contributed by atoms with E-state index < -0.39 is 10.0 Å². The second-order valence-electron chi connectivity index (χ2n) is 6.30. The highest BCUT2D eigenvalue weighted by molar-refractivity contribution is 7.89. The molecule has 5 nitrogen and oxygen atoms in total. The Labute approximate surface area is 129 Å². The Balaban J connectivity index is 1.85. The topological polar surface area (TPSA) is 67.4 Å². The van der Waals surface area contributed by atoms with E-state index in [1.165, 1.54) is 32.1 Å². The summed E-state index contributed by atoms with van der Waals surface area (Å²) in [5.41, 5.74) is 0.260. The van der Waals surface area contributed by atoms with Crippen LogP contribution >= 0.6 is 0 Å². The molecule has 0 bridgehead atoms. The van der Waals surface area contributed by atoms with E-state index in [-0.39, 0.29) is 11.2 Å². The molecule has 0 aliphatic heterocycles. The van der Waals surface area contributed by atoms with Crippen molar-refractivity contribution in [3.05, 3.63) is 0 Å². The fraction of sp³-hybridized carbons (Fsp3) is 1.00. The fourth-order valence-corrected chi connectivity index (χ4v) is 4.98. The van der Waals surface area contributed by atoms with Crippen LogP contribution in [0.25, 0.3) is 0 Å². The Hall–Kier alpha value is -0.170. The smallest absolute Gasteiger partial charge is 0.212 e. The third-order valence-corrected chi connectivity index (χ3v) is 6.53. The molecule has 2 fully saturated rings. The molecule has 0 aromatic heterocycles. The molecule has 2 saturated carbocycles. The van der Waals surface area contributed by atoms with Crippen LogP contribution in [0, 0.1) is 5.41 Å². The molecule has 0 aromatic rings. The maximum atomic E-state index is 11.7. The summed E-state index contributed by atoms with van der Waals surface area (Å²) in [6, 6.07) is 0.422. The van der Waals surface area contributed by atoms with Crippen molar-refractivity contribution in [1.29, 1.82) is 0 Å². The monoisotopic (exact) mass is 318 g/mol. The van der Waals surface area contributed by atoms with Crippen molar-refractivity contribution in [3.63, 3.8) is 0 Å². The van der Waals surface area contributed by atoms with Crippen molar-refractivity contribution < 1.29 is 13.2 Å². The number of ether oxygens (including phenoxy) is 1. The fourth-order valence-electron chi connectivity index (χ4n) is 4.01. The minimum absolute atomic E-state index is 0.159. The standard InChI is InChI=1S/C15H30N2O3S/c1-3-17-21(18,19)11-10-16-13-12-14(20-4-2)15(13)8-6-5-7-9-15/h13-14,16-17H,3-12H2,1-2H3. The van der Waals surface area contributed by atoms with Crippen molar-refractivity contribution in [1.82, 2.24) is 10.0 Å². The van der Waals surface area contributed by atoms with Crippen LogP contribution < -0.4 is 10.0 Å². The van der Waals surface area contributed by atoms with Crippen molar-refractivity contribution in [3.8, 4) is 0 Å². The van der Waals surface area contributed by atoms with E-state index in [1.807, 2.05) is 0 Å². The first-order chi connectivity index (χ1) is 10.0. The third-order valence-electron chi connectivity index (χ3n) is 5.06. The molecule has 1 spiro atoms. The van der Waals surface area contributed by atoms with Gasteiger partial charge >= 0.3 is 0 Å². The molecule has 2 aliphatic carbocycles. The molecule has 2 aliphatic rings. The first-order valence-corrected chi connectivity index (χ1v) is 10.0. The maximum Gasteiger partial charge on any atom is 0.212 e. The summed E-state index contributed by atoms with van der Waals surface area (Å²) in [4.78, 5) is 0. The minimum atomic E-state index is -3.12. The Morgan fingerprint density at radius 3 is 2.52 bits per heavy atom. The zero-order chi connectivity index (χ0) is 15.3. The Morgan fingerprint density at radius 2 is 1.90 bits per heavy atom. The van der Waals surface area contributed by atoms with Crippen molar-refractivity contribution in [2.75, 3.05) is 25.4 Å². The molecule has 2 atom stereocenters. The Kier molecular flexibility index (Phi) is 6.05. The van der Waals surface area contributed by atoms with Crippen LogP contribution in [0.5, 0.6) is 0 Å². The zero-order valence-electron chi connectivity index (χ0n) is 13.4. The highest BCUT2D eigenvalue weighted by atomic mass is 32.2. The summed E-state index contributed by atoms with van der Waals surface area (Å²) in [6.45, 7) is 5.62. The van der Waals surface area contributed by atoms with Crippen LogP contribution in [0.15, 0.2) is 0 Å². The molecule has 2 N–H and O–H groups in total. The quantitative estimate of drug-likeness (QED) is 0.714. The number of sulfonamides is 1. The molecule has 0 amide bonds. The molecule has 2 unspecified atom stereocenters.